The minimum absolute atomic E-state index is 0. The number of nitrogens with one attached hydrogen (secondary N) is 1. The molecule has 0 bridgehead atoms. The summed E-state index contributed by atoms with van der Waals surface area (Å²) in [5.74, 6) is 0.237. The lowest BCUT2D eigenvalue weighted by Gasteiger charge is -2.40. The Balaban J connectivity index is 0.00000324. The molecule has 0 aromatic carbocycles. The SMILES string of the molecule is COCC1(C(=O)N(C)CC(C)(C)C)CCNCC1.Cl. The van der Waals surface area contributed by atoms with Crippen LogP contribution in [0.2, 0.25) is 0 Å². The molecule has 0 radical (unpaired) electrons. The van der Waals surface area contributed by atoms with Gasteiger partial charge >= 0.3 is 0 Å². The molecule has 0 spiro atoms. The second-order valence-corrected chi connectivity index (χ2v) is 6.69. The minimum atomic E-state index is -0.319. The zero-order chi connectivity index (χ0) is 13.8. The average molecular weight is 293 g/mol. The van der Waals surface area contributed by atoms with E-state index in [1.165, 1.54) is 0 Å². The van der Waals surface area contributed by atoms with Crippen molar-refractivity contribution in [2.24, 2.45) is 10.8 Å². The van der Waals surface area contributed by atoms with Gasteiger partial charge in [0.05, 0.1) is 12.0 Å². The molecule has 0 aromatic heterocycles. The van der Waals surface area contributed by atoms with Crippen molar-refractivity contribution in [3.05, 3.63) is 0 Å². The standard InChI is InChI=1S/C14H28N2O2.ClH/c1-13(2,3)10-16(4)12(17)14(11-18-5)6-8-15-9-7-14;/h15H,6-11H2,1-5H3;1H. The van der Waals surface area contributed by atoms with E-state index in [2.05, 4.69) is 26.1 Å². The molecule has 0 saturated carbocycles. The van der Waals surface area contributed by atoms with Crippen molar-refractivity contribution in [2.45, 2.75) is 33.6 Å². The van der Waals surface area contributed by atoms with Crippen LogP contribution in [0.4, 0.5) is 0 Å². The average Bonchev–Trinajstić information content (AvgIpc) is 2.27. The third-order valence-corrected chi connectivity index (χ3v) is 3.49. The number of rotatable bonds is 4. The maximum atomic E-state index is 12.7. The summed E-state index contributed by atoms with van der Waals surface area (Å²) in [6.45, 7) is 9.58. The molecule has 1 aliphatic rings. The van der Waals surface area contributed by atoms with Crippen molar-refractivity contribution in [1.29, 1.82) is 0 Å². The van der Waals surface area contributed by atoms with Gasteiger partial charge in [-0.15, -0.1) is 12.4 Å². The quantitative estimate of drug-likeness (QED) is 0.861. The highest BCUT2D eigenvalue weighted by molar-refractivity contribution is 5.85. The van der Waals surface area contributed by atoms with Gasteiger partial charge in [0.15, 0.2) is 0 Å². The summed E-state index contributed by atoms with van der Waals surface area (Å²) in [5, 5.41) is 3.31. The van der Waals surface area contributed by atoms with Gasteiger partial charge in [-0.3, -0.25) is 4.79 Å². The van der Waals surface area contributed by atoms with Crippen molar-refractivity contribution in [1.82, 2.24) is 10.2 Å². The van der Waals surface area contributed by atoms with Crippen LogP contribution in [-0.4, -0.2) is 51.2 Å². The number of carbonyl (C=O) groups is 1. The van der Waals surface area contributed by atoms with Gasteiger partial charge in [-0.25, -0.2) is 0 Å². The molecule has 0 atom stereocenters. The Morgan fingerprint density at radius 2 is 1.84 bits per heavy atom. The van der Waals surface area contributed by atoms with Crippen LogP contribution in [0.25, 0.3) is 0 Å². The van der Waals surface area contributed by atoms with E-state index in [-0.39, 0.29) is 29.1 Å². The summed E-state index contributed by atoms with van der Waals surface area (Å²) in [6, 6.07) is 0. The van der Waals surface area contributed by atoms with Crippen molar-refractivity contribution < 1.29 is 9.53 Å². The molecular weight excluding hydrogens is 264 g/mol. The molecule has 0 unspecified atom stereocenters. The lowest BCUT2D eigenvalue weighted by molar-refractivity contribution is -0.147. The van der Waals surface area contributed by atoms with Crippen LogP contribution >= 0.6 is 12.4 Å². The lowest BCUT2D eigenvalue weighted by atomic mass is 9.78. The molecule has 1 N–H and O–H groups in total. The molecule has 1 fully saturated rings. The normalized spacial score (nSPS) is 18.6. The Labute approximate surface area is 123 Å². The third kappa shape index (κ3) is 5.28. The Hall–Kier alpha value is -0.320. The Kier molecular flexibility index (Phi) is 7.33. The second-order valence-electron chi connectivity index (χ2n) is 6.69. The molecular formula is C14H29ClN2O2. The maximum absolute atomic E-state index is 12.7. The molecule has 0 aliphatic carbocycles. The van der Waals surface area contributed by atoms with Crippen LogP contribution in [0.5, 0.6) is 0 Å². The van der Waals surface area contributed by atoms with Crippen molar-refractivity contribution >= 4 is 18.3 Å². The molecule has 4 nitrogen and oxygen atoms in total. The number of nitrogens with zero attached hydrogens (tertiary/aromatic N) is 1. The van der Waals surface area contributed by atoms with Gasteiger partial charge in [0, 0.05) is 20.7 Å². The van der Waals surface area contributed by atoms with Crippen molar-refractivity contribution in [3.8, 4) is 0 Å². The molecule has 0 aromatic rings. The van der Waals surface area contributed by atoms with Crippen LogP contribution in [0.15, 0.2) is 0 Å². The monoisotopic (exact) mass is 292 g/mol. The fourth-order valence-electron chi connectivity index (χ4n) is 2.79. The number of hydrogen-bond acceptors (Lipinski definition) is 3. The molecule has 1 heterocycles. The number of amides is 1. The van der Waals surface area contributed by atoms with Crippen LogP contribution in [0.3, 0.4) is 0 Å². The van der Waals surface area contributed by atoms with Crippen molar-refractivity contribution in [3.63, 3.8) is 0 Å². The number of halogens is 1. The smallest absolute Gasteiger partial charge is 0.230 e. The van der Waals surface area contributed by atoms with E-state index >= 15 is 0 Å². The fourth-order valence-corrected chi connectivity index (χ4v) is 2.79. The van der Waals surface area contributed by atoms with Gasteiger partial charge in [-0.2, -0.15) is 0 Å². The zero-order valence-electron chi connectivity index (χ0n) is 12.9. The van der Waals surface area contributed by atoms with Crippen molar-refractivity contribution in [2.75, 3.05) is 40.4 Å². The summed E-state index contributed by atoms with van der Waals surface area (Å²) in [4.78, 5) is 14.6. The number of carbonyl (C=O) groups excluding carboxylic acids is 1. The van der Waals surface area contributed by atoms with E-state index in [0.29, 0.717) is 6.61 Å². The third-order valence-electron chi connectivity index (χ3n) is 3.49. The van der Waals surface area contributed by atoms with Crippen LogP contribution < -0.4 is 5.32 Å². The van der Waals surface area contributed by atoms with Gasteiger partial charge in [0.1, 0.15) is 0 Å². The predicted octanol–water partition coefficient (Wildman–Crippen LogP) is 1.93. The Morgan fingerprint density at radius 1 is 1.32 bits per heavy atom. The van der Waals surface area contributed by atoms with Gasteiger partial charge in [-0.05, 0) is 31.3 Å². The lowest BCUT2D eigenvalue weighted by Crippen LogP contribution is -2.51. The zero-order valence-corrected chi connectivity index (χ0v) is 13.7. The number of ether oxygens (including phenoxy) is 1. The highest BCUT2D eigenvalue weighted by Crippen LogP contribution is 2.32. The predicted molar refractivity (Wildman–Crippen MR) is 80.8 cm³/mol. The summed E-state index contributed by atoms with van der Waals surface area (Å²) < 4.78 is 5.31. The first-order chi connectivity index (χ1) is 8.31. The highest BCUT2D eigenvalue weighted by Gasteiger charge is 2.41. The molecule has 1 saturated heterocycles. The molecule has 114 valence electrons. The molecule has 19 heavy (non-hydrogen) atoms. The number of hydrogen-bond donors (Lipinski definition) is 1. The highest BCUT2D eigenvalue weighted by atomic mass is 35.5. The van der Waals surface area contributed by atoms with E-state index in [1.807, 2.05) is 11.9 Å². The molecule has 1 rings (SSSR count). The summed E-state index contributed by atoms with van der Waals surface area (Å²) in [7, 11) is 3.59. The van der Waals surface area contributed by atoms with E-state index < -0.39 is 0 Å². The Morgan fingerprint density at radius 3 is 2.26 bits per heavy atom. The van der Waals surface area contributed by atoms with Crippen LogP contribution in [-0.2, 0) is 9.53 Å². The summed E-state index contributed by atoms with van der Waals surface area (Å²) in [5.41, 5.74) is -0.189. The van der Waals surface area contributed by atoms with Gasteiger partial charge in [-0.1, -0.05) is 20.8 Å². The van der Waals surface area contributed by atoms with Gasteiger partial charge in [0.25, 0.3) is 0 Å². The molecule has 1 amide bonds. The number of piperidine rings is 1. The first-order valence-corrected chi connectivity index (χ1v) is 6.76. The largest absolute Gasteiger partial charge is 0.384 e. The second kappa shape index (κ2) is 7.46. The fraction of sp³-hybridized carbons (Fsp3) is 0.929. The van der Waals surface area contributed by atoms with E-state index in [0.717, 1.165) is 32.5 Å². The topological polar surface area (TPSA) is 41.6 Å². The maximum Gasteiger partial charge on any atom is 0.230 e. The summed E-state index contributed by atoms with van der Waals surface area (Å²) in [6.07, 6.45) is 1.74. The number of methoxy groups -OCH3 is 1. The Bertz CT molecular complexity index is 278. The van der Waals surface area contributed by atoms with Gasteiger partial charge < -0.3 is 15.0 Å². The molecule has 1 aliphatic heterocycles. The van der Waals surface area contributed by atoms with E-state index in [9.17, 15) is 4.79 Å². The molecule has 5 heteroatoms. The first-order valence-electron chi connectivity index (χ1n) is 6.76. The first kappa shape index (κ1) is 18.7. The van der Waals surface area contributed by atoms with Crippen LogP contribution in [0, 0.1) is 10.8 Å². The van der Waals surface area contributed by atoms with E-state index in [4.69, 9.17) is 4.74 Å². The minimum Gasteiger partial charge on any atom is -0.384 e. The van der Waals surface area contributed by atoms with E-state index in [1.54, 1.807) is 7.11 Å². The van der Waals surface area contributed by atoms with Crippen LogP contribution in [0.1, 0.15) is 33.6 Å². The summed E-state index contributed by atoms with van der Waals surface area (Å²) >= 11 is 0. The van der Waals surface area contributed by atoms with Gasteiger partial charge in [0.2, 0.25) is 5.91 Å².